The summed E-state index contributed by atoms with van der Waals surface area (Å²) in [5.41, 5.74) is 2.72. The minimum atomic E-state index is -0.123. The molecule has 1 fully saturated rings. The summed E-state index contributed by atoms with van der Waals surface area (Å²) in [4.78, 5) is 26.5. The highest BCUT2D eigenvalue weighted by Gasteiger charge is 2.11. The Kier molecular flexibility index (Phi) is 7.80. The van der Waals surface area contributed by atoms with Crippen LogP contribution in [0.5, 0.6) is 0 Å². The normalized spacial score (nSPS) is 13.8. The first-order chi connectivity index (χ1) is 13.6. The van der Waals surface area contributed by atoms with Crippen LogP contribution in [-0.2, 0) is 9.59 Å². The number of hydrogen-bond donors (Lipinski definition) is 2. The Hall–Kier alpha value is -1.99. The van der Waals surface area contributed by atoms with Gasteiger partial charge in [-0.3, -0.25) is 9.59 Å². The second-order valence-electron chi connectivity index (χ2n) is 6.69. The van der Waals surface area contributed by atoms with E-state index in [1.54, 1.807) is 0 Å². The van der Waals surface area contributed by atoms with E-state index in [1.807, 2.05) is 36.4 Å². The number of piperidine rings is 1. The zero-order chi connectivity index (χ0) is 19.8. The number of thioether (sulfide) groups is 1. The van der Waals surface area contributed by atoms with Gasteiger partial charge in [0.1, 0.15) is 0 Å². The lowest BCUT2D eigenvalue weighted by atomic mass is 10.1. The van der Waals surface area contributed by atoms with Crippen LogP contribution in [0.25, 0.3) is 0 Å². The van der Waals surface area contributed by atoms with Gasteiger partial charge in [0.05, 0.1) is 11.5 Å². The number of halogens is 1. The highest BCUT2D eigenvalue weighted by molar-refractivity contribution is 9.10. The van der Waals surface area contributed by atoms with E-state index in [2.05, 4.69) is 43.6 Å². The van der Waals surface area contributed by atoms with Crippen LogP contribution in [0.1, 0.15) is 19.3 Å². The molecule has 5 nitrogen and oxygen atoms in total. The Labute approximate surface area is 178 Å². The highest BCUT2D eigenvalue weighted by atomic mass is 79.9. The molecule has 0 aromatic heterocycles. The first-order valence-corrected chi connectivity index (χ1v) is 11.3. The number of nitrogens with zero attached hydrogens (tertiary/aromatic N) is 1. The van der Waals surface area contributed by atoms with Gasteiger partial charge in [0.15, 0.2) is 0 Å². The molecule has 0 radical (unpaired) electrons. The van der Waals surface area contributed by atoms with E-state index >= 15 is 0 Å². The number of carbonyl (C=O) groups excluding carboxylic acids is 2. The van der Waals surface area contributed by atoms with Gasteiger partial charge in [-0.05, 0) is 61.7 Å². The lowest BCUT2D eigenvalue weighted by molar-refractivity contribution is -0.114. The highest BCUT2D eigenvalue weighted by Crippen LogP contribution is 2.22. The molecule has 3 rings (SSSR count). The van der Waals surface area contributed by atoms with Gasteiger partial charge in [-0.2, -0.15) is 0 Å². The van der Waals surface area contributed by atoms with Crippen molar-refractivity contribution in [2.75, 3.05) is 40.1 Å². The van der Waals surface area contributed by atoms with Gasteiger partial charge in [0.2, 0.25) is 11.8 Å². The Morgan fingerprint density at radius 3 is 2.18 bits per heavy atom. The molecule has 28 heavy (non-hydrogen) atoms. The third kappa shape index (κ3) is 6.56. The SMILES string of the molecule is O=C(CSCC(=O)Nc1cccc(Br)c1)Nc1ccc(N2CCCCC2)cc1. The monoisotopic (exact) mass is 461 g/mol. The average molecular weight is 462 g/mol. The van der Waals surface area contributed by atoms with E-state index in [0.29, 0.717) is 0 Å². The second kappa shape index (κ2) is 10.5. The van der Waals surface area contributed by atoms with Crippen molar-refractivity contribution in [3.8, 4) is 0 Å². The number of carbonyl (C=O) groups is 2. The minimum absolute atomic E-state index is 0.106. The number of nitrogens with one attached hydrogen (secondary N) is 2. The third-order valence-corrected chi connectivity index (χ3v) is 5.87. The molecule has 0 unspecified atom stereocenters. The fraction of sp³-hybridized carbons (Fsp3) is 0.333. The number of amides is 2. The molecule has 2 aromatic carbocycles. The average Bonchev–Trinajstić information content (AvgIpc) is 2.69. The molecule has 0 aliphatic carbocycles. The van der Waals surface area contributed by atoms with Crippen LogP contribution in [0.4, 0.5) is 17.1 Å². The van der Waals surface area contributed by atoms with Crippen molar-refractivity contribution in [3.63, 3.8) is 0 Å². The molecule has 2 aromatic rings. The van der Waals surface area contributed by atoms with E-state index < -0.39 is 0 Å². The molecule has 0 saturated carbocycles. The number of benzene rings is 2. The van der Waals surface area contributed by atoms with Crippen molar-refractivity contribution in [2.45, 2.75) is 19.3 Å². The van der Waals surface area contributed by atoms with Crippen molar-refractivity contribution in [3.05, 3.63) is 53.0 Å². The van der Waals surface area contributed by atoms with Gasteiger partial charge in [-0.15, -0.1) is 11.8 Å². The van der Waals surface area contributed by atoms with Crippen molar-refractivity contribution < 1.29 is 9.59 Å². The predicted molar refractivity (Wildman–Crippen MR) is 121 cm³/mol. The summed E-state index contributed by atoms with van der Waals surface area (Å²) >= 11 is 4.66. The fourth-order valence-electron chi connectivity index (χ4n) is 3.10. The Balaban J connectivity index is 1.38. The molecule has 2 amide bonds. The maximum absolute atomic E-state index is 12.1. The Bertz CT molecular complexity index is 808. The molecule has 1 aliphatic heterocycles. The summed E-state index contributed by atoms with van der Waals surface area (Å²) in [7, 11) is 0. The van der Waals surface area contributed by atoms with E-state index in [4.69, 9.17) is 0 Å². The zero-order valence-electron chi connectivity index (χ0n) is 15.6. The van der Waals surface area contributed by atoms with Gasteiger partial charge in [-0.1, -0.05) is 22.0 Å². The molecule has 0 atom stereocenters. The minimum Gasteiger partial charge on any atom is -0.372 e. The van der Waals surface area contributed by atoms with Gasteiger partial charge < -0.3 is 15.5 Å². The second-order valence-corrected chi connectivity index (χ2v) is 8.60. The van der Waals surface area contributed by atoms with E-state index in [-0.39, 0.29) is 23.3 Å². The predicted octanol–water partition coefficient (Wildman–Crippen LogP) is 4.75. The number of rotatable bonds is 7. The fourth-order valence-corrected chi connectivity index (χ4v) is 4.12. The number of hydrogen-bond acceptors (Lipinski definition) is 4. The van der Waals surface area contributed by atoms with Gasteiger partial charge in [0.25, 0.3) is 0 Å². The van der Waals surface area contributed by atoms with Crippen molar-refractivity contribution >= 4 is 56.6 Å². The summed E-state index contributed by atoms with van der Waals surface area (Å²) in [5, 5.41) is 5.70. The topological polar surface area (TPSA) is 61.4 Å². The molecule has 0 bridgehead atoms. The van der Waals surface area contributed by atoms with Gasteiger partial charge >= 0.3 is 0 Å². The van der Waals surface area contributed by atoms with E-state index in [1.165, 1.54) is 36.7 Å². The lowest BCUT2D eigenvalue weighted by Crippen LogP contribution is -2.29. The van der Waals surface area contributed by atoms with Crippen LogP contribution in [0, 0.1) is 0 Å². The summed E-state index contributed by atoms with van der Waals surface area (Å²) < 4.78 is 0.906. The first-order valence-electron chi connectivity index (χ1n) is 9.38. The standard InChI is InChI=1S/C21H24BrN3O2S/c22-16-5-4-6-18(13-16)24-21(27)15-28-14-20(26)23-17-7-9-19(10-8-17)25-11-2-1-3-12-25/h4-10,13H,1-3,11-12,14-15H2,(H,23,26)(H,24,27). The zero-order valence-corrected chi connectivity index (χ0v) is 18.0. The van der Waals surface area contributed by atoms with Crippen LogP contribution in [-0.4, -0.2) is 36.4 Å². The molecular weight excluding hydrogens is 438 g/mol. The van der Waals surface area contributed by atoms with Crippen LogP contribution >= 0.6 is 27.7 Å². The molecule has 1 saturated heterocycles. The van der Waals surface area contributed by atoms with Crippen molar-refractivity contribution in [1.29, 1.82) is 0 Å². The van der Waals surface area contributed by atoms with Crippen molar-refractivity contribution in [1.82, 2.24) is 0 Å². The van der Waals surface area contributed by atoms with Crippen molar-refractivity contribution in [2.24, 2.45) is 0 Å². The quantitative estimate of drug-likeness (QED) is 0.624. The van der Waals surface area contributed by atoms with Gasteiger partial charge in [-0.25, -0.2) is 0 Å². The van der Waals surface area contributed by atoms with Crippen LogP contribution in [0.3, 0.4) is 0 Å². The van der Waals surface area contributed by atoms with Crippen LogP contribution in [0.2, 0.25) is 0 Å². The molecule has 7 heteroatoms. The van der Waals surface area contributed by atoms with E-state index in [9.17, 15) is 9.59 Å². The largest absolute Gasteiger partial charge is 0.372 e. The molecule has 2 N–H and O–H groups in total. The molecule has 0 spiro atoms. The van der Waals surface area contributed by atoms with Crippen LogP contribution < -0.4 is 15.5 Å². The maximum Gasteiger partial charge on any atom is 0.234 e. The Morgan fingerprint density at radius 1 is 0.893 bits per heavy atom. The summed E-state index contributed by atoms with van der Waals surface area (Å²) in [6, 6.07) is 15.4. The molecule has 148 valence electrons. The Morgan fingerprint density at radius 2 is 1.54 bits per heavy atom. The summed E-state index contributed by atoms with van der Waals surface area (Å²) in [6.45, 7) is 2.20. The maximum atomic E-state index is 12.1. The van der Waals surface area contributed by atoms with Gasteiger partial charge in [0, 0.05) is 34.6 Å². The smallest absolute Gasteiger partial charge is 0.234 e. The first kappa shape index (κ1) is 20.7. The van der Waals surface area contributed by atoms with E-state index in [0.717, 1.165) is 28.9 Å². The molecular formula is C21H24BrN3O2S. The number of anilines is 3. The molecule has 1 heterocycles. The summed E-state index contributed by atoms with van der Waals surface area (Å²) in [6.07, 6.45) is 3.79. The third-order valence-electron chi connectivity index (χ3n) is 4.45. The lowest BCUT2D eigenvalue weighted by Gasteiger charge is -2.28. The summed E-state index contributed by atoms with van der Waals surface area (Å²) in [5.74, 6) is 0.237. The molecule has 1 aliphatic rings. The van der Waals surface area contributed by atoms with Crippen LogP contribution in [0.15, 0.2) is 53.0 Å².